The van der Waals surface area contributed by atoms with Crippen LogP contribution in [-0.2, 0) is 9.47 Å². The first-order chi connectivity index (χ1) is 18.0. The highest BCUT2D eigenvalue weighted by molar-refractivity contribution is 5.31. The van der Waals surface area contributed by atoms with E-state index >= 15 is 0 Å². The highest BCUT2D eigenvalue weighted by Gasteiger charge is 2.66. The molecule has 4 unspecified atom stereocenters. The highest BCUT2D eigenvalue weighted by Crippen LogP contribution is 2.70. The van der Waals surface area contributed by atoms with Gasteiger partial charge in [0.15, 0.2) is 6.29 Å². The summed E-state index contributed by atoms with van der Waals surface area (Å²) in [6.45, 7) is 6.26. The molecule has 1 aromatic rings. The fraction of sp³-hybridized carbons (Fsp3) is 0.767. The molecule has 4 N–H and O–H groups in total. The van der Waals surface area contributed by atoms with Crippen LogP contribution in [0, 0.1) is 22.7 Å². The van der Waals surface area contributed by atoms with Crippen molar-refractivity contribution in [1.29, 1.82) is 0 Å². The van der Waals surface area contributed by atoms with Crippen LogP contribution < -0.4 is 5.63 Å². The summed E-state index contributed by atoms with van der Waals surface area (Å²) in [4.78, 5) is 11.5. The van der Waals surface area contributed by atoms with E-state index in [-0.39, 0.29) is 34.4 Å². The predicted octanol–water partition coefficient (Wildman–Crippen LogP) is 3.01. The molecule has 4 fully saturated rings. The Morgan fingerprint density at radius 3 is 2.47 bits per heavy atom. The normalized spacial score (nSPS) is 50.5. The van der Waals surface area contributed by atoms with Crippen molar-refractivity contribution in [1.82, 2.24) is 0 Å². The zero-order valence-corrected chi connectivity index (χ0v) is 22.6. The van der Waals surface area contributed by atoms with Gasteiger partial charge in [0.25, 0.3) is 0 Å². The third-order valence-electron chi connectivity index (χ3n) is 11.5. The SMILES string of the molecule is C[C@@H]1O[C@@H](O[C@@H]2C=C3CCC4C(CC[C@]5(C)C(c6ccc(=O)oc6)CCC45O)[C@@]3(C)CC2)[C@H](O)[C@H](O)[C@H]1O. The number of aliphatic hydroxyl groups is 4. The molecule has 2 heterocycles. The van der Waals surface area contributed by atoms with Crippen LogP contribution in [0.4, 0.5) is 0 Å². The Morgan fingerprint density at radius 2 is 1.74 bits per heavy atom. The molecular weight excluding hydrogens is 488 g/mol. The van der Waals surface area contributed by atoms with Gasteiger partial charge in [0.2, 0.25) is 0 Å². The first kappa shape index (κ1) is 26.7. The summed E-state index contributed by atoms with van der Waals surface area (Å²) in [6.07, 6.45) is 5.32. The maximum atomic E-state index is 12.4. The molecule has 0 radical (unpaired) electrons. The zero-order chi connectivity index (χ0) is 27.0. The lowest BCUT2D eigenvalue weighted by Gasteiger charge is -2.62. The Kier molecular flexibility index (Phi) is 6.49. The largest absolute Gasteiger partial charge is 0.431 e. The lowest BCUT2D eigenvalue weighted by atomic mass is 9.45. The molecule has 0 spiro atoms. The Labute approximate surface area is 223 Å². The van der Waals surface area contributed by atoms with Gasteiger partial charge < -0.3 is 34.3 Å². The summed E-state index contributed by atoms with van der Waals surface area (Å²) in [5, 5.41) is 43.0. The number of aliphatic hydroxyl groups excluding tert-OH is 3. The summed E-state index contributed by atoms with van der Waals surface area (Å²) in [5.74, 6) is 0.759. The van der Waals surface area contributed by atoms with Crippen molar-refractivity contribution in [2.45, 2.75) is 120 Å². The van der Waals surface area contributed by atoms with E-state index in [0.29, 0.717) is 5.92 Å². The Morgan fingerprint density at radius 1 is 0.947 bits per heavy atom. The lowest BCUT2D eigenvalue weighted by Crippen LogP contribution is -2.60. The molecule has 1 saturated heterocycles. The van der Waals surface area contributed by atoms with Gasteiger partial charge in [0, 0.05) is 11.5 Å². The zero-order valence-electron chi connectivity index (χ0n) is 22.6. The van der Waals surface area contributed by atoms with Crippen LogP contribution >= 0.6 is 0 Å². The van der Waals surface area contributed by atoms with E-state index in [1.54, 1.807) is 13.2 Å². The van der Waals surface area contributed by atoms with Crippen molar-refractivity contribution < 1.29 is 34.3 Å². The maximum Gasteiger partial charge on any atom is 0.335 e. The average Bonchev–Trinajstić information content (AvgIpc) is 3.18. The number of allylic oxidation sites excluding steroid dienone is 1. The molecule has 38 heavy (non-hydrogen) atoms. The predicted molar refractivity (Wildman–Crippen MR) is 138 cm³/mol. The summed E-state index contributed by atoms with van der Waals surface area (Å²) in [7, 11) is 0. The third kappa shape index (κ3) is 3.82. The first-order valence-electron chi connectivity index (χ1n) is 14.4. The van der Waals surface area contributed by atoms with E-state index in [1.165, 1.54) is 11.6 Å². The van der Waals surface area contributed by atoms with E-state index in [2.05, 4.69) is 19.9 Å². The van der Waals surface area contributed by atoms with E-state index in [4.69, 9.17) is 13.9 Å². The number of fused-ring (bicyclic) bond motifs is 5. The Hall–Kier alpha value is -1.55. The van der Waals surface area contributed by atoms with Gasteiger partial charge in [-0.25, -0.2) is 4.79 Å². The monoisotopic (exact) mass is 530 g/mol. The minimum absolute atomic E-state index is 0.0213. The summed E-state index contributed by atoms with van der Waals surface area (Å²) >= 11 is 0. The summed E-state index contributed by atoms with van der Waals surface area (Å²) < 4.78 is 17.0. The van der Waals surface area contributed by atoms with Crippen molar-refractivity contribution >= 4 is 0 Å². The van der Waals surface area contributed by atoms with Crippen LogP contribution in [0.5, 0.6) is 0 Å². The van der Waals surface area contributed by atoms with Gasteiger partial charge in [-0.2, -0.15) is 0 Å². The maximum absolute atomic E-state index is 12.4. The fourth-order valence-corrected chi connectivity index (χ4v) is 9.17. The van der Waals surface area contributed by atoms with E-state index in [1.807, 2.05) is 6.07 Å². The summed E-state index contributed by atoms with van der Waals surface area (Å²) in [6, 6.07) is 3.36. The molecule has 210 valence electrons. The molecule has 1 aliphatic heterocycles. The van der Waals surface area contributed by atoms with Crippen molar-refractivity contribution in [3.8, 4) is 0 Å². The fourth-order valence-electron chi connectivity index (χ4n) is 9.17. The molecule has 8 heteroatoms. The average molecular weight is 531 g/mol. The standard InChI is InChI=1S/C30H42O8/c1-16-24(32)25(33)26(34)27(37-16)38-19-8-11-28(2)18(14-19)5-6-22-21(28)9-12-29(3)20(10-13-30(22,29)35)17-4-7-23(31)36-15-17/h4,7,14-16,19-22,24-27,32-35H,5-6,8-13H2,1-3H3/t16-,19-,20?,21?,22?,24-,25+,26+,27-,28-,29+,30?/m0/s1. The van der Waals surface area contributed by atoms with E-state index in [9.17, 15) is 25.2 Å². The van der Waals surface area contributed by atoms with Crippen molar-refractivity contribution in [3.63, 3.8) is 0 Å². The lowest BCUT2D eigenvalue weighted by molar-refractivity contribution is -0.301. The van der Waals surface area contributed by atoms with Crippen molar-refractivity contribution in [3.05, 3.63) is 46.0 Å². The quantitative estimate of drug-likeness (QED) is 0.439. The van der Waals surface area contributed by atoms with Gasteiger partial charge in [-0.05, 0) is 93.1 Å². The molecule has 6 rings (SSSR count). The minimum atomic E-state index is -1.31. The molecule has 12 atom stereocenters. The second kappa shape index (κ2) is 9.25. The molecule has 0 bridgehead atoms. The highest BCUT2D eigenvalue weighted by atomic mass is 16.7. The molecule has 8 nitrogen and oxygen atoms in total. The van der Waals surface area contributed by atoms with E-state index in [0.717, 1.165) is 56.9 Å². The van der Waals surface area contributed by atoms with Crippen LogP contribution in [0.1, 0.15) is 83.6 Å². The number of hydrogen-bond donors (Lipinski definition) is 4. The van der Waals surface area contributed by atoms with Gasteiger partial charge in [-0.15, -0.1) is 0 Å². The van der Waals surface area contributed by atoms with Gasteiger partial charge in [0.1, 0.15) is 18.3 Å². The van der Waals surface area contributed by atoms with Gasteiger partial charge in [-0.1, -0.05) is 25.5 Å². The molecule has 4 aliphatic carbocycles. The molecule has 5 aliphatic rings. The third-order valence-corrected chi connectivity index (χ3v) is 11.5. The van der Waals surface area contributed by atoms with E-state index < -0.39 is 36.3 Å². The van der Waals surface area contributed by atoms with Crippen LogP contribution in [0.15, 0.2) is 39.3 Å². The number of ether oxygens (including phenoxy) is 2. The molecular formula is C30H42O8. The minimum Gasteiger partial charge on any atom is -0.431 e. The molecule has 0 amide bonds. The molecule has 0 aromatic carbocycles. The summed E-state index contributed by atoms with van der Waals surface area (Å²) in [5.41, 5.74) is 0.991. The molecule has 1 aromatic heterocycles. The Bertz CT molecular complexity index is 1130. The van der Waals surface area contributed by atoms with Gasteiger partial charge >= 0.3 is 5.63 Å². The van der Waals surface area contributed by atoms with Gasteiger partial charge in [0.05, 0.1) is 24.1 Å². The van der Waals surface area contributed by atoms with Crippen molar-refractivity contribution in [2.75, 3.05) is 0 Å². The smallest absolute Gasteiger partial charge is 0.335 e. The molecule has 3 saturated carbocycles. The van der Waals surface area contributed by atoms with Crippen LogP contribution in [-0.4, -0.2) is 62.8 Å². The van der Waals surface area contributed by atoms with Crippen LogP contribution in [0.25, 0.3) is 0 Å². The second-order valence-electron chi connectivity index (χ2n) is 13.1. The number of hydrogen-bond acceptors (Lipinski definition) is 8. The number of rotatable bonds is 3. The van der Waals surface area contributed by atoms with Crippen LogP contribution in [0.3, 0.4) is 0 Å². The Balaban J connectivity index is 1.21. The first-order valence-corrected chi connectivity index (χ1v) is 14.4. The van der Waals surface area contributed by atoms with Crippen molar-refractivity contribution in [2.24, 2.45) is 22.7 Å². The van der Waals surface area contributed by atoms with Gasteiger partial charge in [-0.3, -0.25) is 0 Å². The van der Waals surface area contributed by atoms with Crippen LogP contribution in [0.2, 0.25) is 0 Å². The topological polar surface area (TPSA) is 130 Å². The second-order valence-corrected chi connectivity index (χ2v) is 13.1.